The van der Waals surface area contributed by atoms with Crippen LogP contribution in [0.2, 0.25) is 0 Å². The van der Waals surface area contributed by atoms with E-state index in [1.165, 1.54) is 37.6 Å². The van der Waals surface area contributed by atoms with Crippen molar-refractivity contribution in [2.45, 2.75) is 6.61 Å². The lowest BCUT2D eigenvalue weighted by molar-refractivity contribution is -0.0512. The molecule has 0 amide bonds. The fraction of sp³-hybridized carbons (Fsp3) is 0.143. The number of carbonyl (C=O) groups is 1. The van der Waals surface area contributed by atoms with Gasteiger partial charge in [0.15, 0.2) is 11.5 Å². The van der Waals surface area contributed by atoms with Gasteiger partial charge in [0.2, 0.25) is 5.78 Å². The number of benzene rings is 1. The fourth-order valence-electron chi connectivity index (χ4n) is 1.73. The van der Waals surface area contributed by atoms with E-state index in [-0.39, 0.29) is 22.8 Å². The number of carbonyl (C=O) groups excluding carboxylic acids is 1. The first-order chi connectivity index (χ1) is 9.63. The Balaban J connectivity index is 2.44. The molecule has 20 heavy (non-hydrogen) atoms. The van der Waals surface area contributed by atoms with E-state index in [0.717, 1.165) is 0 Å². The van der Waals surface area contributed by atoms with Gasteiger partial charge in [0.05, 0.1) is 12.7 Å². The second-order valence-corrected chi connectivity index (χ2v) is 3.76. The first-order valence-corrected chi connectivity index (χ1v) is 5.71. The van der Waals surface area contributed by atoms with Gasteiger partial charge in [-0.25, -0.2) is 0 Å². The van der Waals surface area contributed by atoms with Crippen LogP contribution in [-0.4, -0.2) is 24.5 Å². The molecule has 0 unspecified atom stereocenters. The maximum atomic E-state index is 12.3. The van der Waals surface area contributed by atoms with Crippen LogP contribution in [0.4, 0.5) is 8.78 Å². The molecule has 1 aromatic carbocycles. The van der Waals surface area contributed by atoms with E-state index in [1.54, 1.807) is 12.1 Å². The molecule has 0 saturated carbocycles. The zero-order valence-corrected chi connectivity index (χ0v) is 10.5. The van der Waals surface area contributed by atoms with Crippen LogP contribution in [0.15, 0.2) is 42.6 Å². The first-order valence-electron chi connectivity index (χ1n) is 5.71. The highest BCUT2D eigenvalue weighted by molar-refractivity contribution is 6.09. The number of para-hydroxylation sites is 1. The molecule has 2 rings (SSSR count). The molecule has 0 spiro atoms. The maximum absolute atomic E-state index is 12.3. The molecule has 0 N–H and O–H groups in total. The number of rotatable bonds is 5. The summed E-state index contributed by atoms with van der Waals surface area (Å²) in [5.74, 6) is -0.657. The summed E-state index contributed by atoms with van der Waals surface area (Å²) >= 11 is 0. The largest absolute Gasteiger partial charge is 0.492 e. The monoisotopic (exact) mass is 279 g/mol. The Hall–Kier alpha value is -2.50. The van der Waals surface area contributed by atoms with Crippen LogP contribution in [0.1, 0.15) is 16.1 Å². The van der Waals surface area contributed by atoms with Crippen molar-refractivity contribution in [3.8, 4) is 11.5 Å². The Labute approximate surface area is 114 Å². The lowest BCUT2D eigenvalue weighted by atomic mass is 10.1. The molecule has 1 aromatic heterocycles. The summed E-state index contributed by atoms with van der Waals surface area (Å²) in [5, 5.41) is 0. The molecular weight excluding hydrogens is 268 g/mol. The van der Waals surface area contributed by atoms with Crippen molar-refractivity contribution in [3.05, 3.63) is 53.9 Å². The quantitative estimate of drug-likeness (QED) is 0.790. The van der Waals surface area contributed by atoms with E-state index < -0.39 is 12.4 Å². The average Bonchev–Trinajstić information content (AvgIpc) is 2.46. The second kappa shape index (κ2) is 6.10. The highest BCUT2D eigenvalue weighted by atomic mass is 19.3. The molecular formula is C14H11F2NO3. The Kier molecular flexibility index (Phi) is 4.24. The van der Waals surface area contributed by atoms with Crippen LogP contribution in [0, 0.1) is 0 Å². The smallest absolute Gasteiger partial charge is 0.387 e. The number of ketones is 1. The minimum absolute atomic E-state index is 0.0385. The molecule has 4 nitrogen and oxygen atoms in total. The van der Waals surface area contributed by atoms with Crippen LogP contribution >= 0.6 is 0 Å². The third-order valence-electron chi connectivity index (χ3n) is 2.54. The van der Waals surface area contributed by atoms with Crippen molar-refractivity contribution in [2.24, 2.45) is 0 Å². The third kappa shape index (κ3) is 2.90. The minimum Gasteiger partial charge on any atom is -0.492 e. The summed E-state index contributed by atoms with van der Waals surface area (Å²) in [6, 6.07) is 9.07. The van der Waals surface area contributed by atoms with Gasteiger partial charge in [0, 0.05) is 6.20 Å². The van der Waals surface area contributed by atoms with Gasteiger partial charge in [0.25, 0.3) is 0 Å². The summed E-state index contributed by atoms with van der Waals surface area (Å²) in [7, 11) is 1.28. The van der Waals surface area contributed by atoms with Gasteiger partial charge in [-0.2, -0.15) is 8.78 Å². The molecule has 0 aliphatic carbocycles. The molecule has 104 valence electrons. The molecule has 0 fully saturated rings. The number of hydrogen-bond donors (Lipinski definition) is 0. The number of pyridine rings is 1. The molecule has 1 heterocycles. The van der Waals surface area contributed by atoms with Gasteiger partial charge in [-0.15, -0.1) is 0 Å². The van der Waals surface area contributed by atoms with Gasteiger partial charge in [0.1, 0.15) is 5.69 Å². The summed E-state index contributed by atoms with van der Waals surface area (Å²) in [6.45, 7) is -3.00. The van der Waals surface area contributed by atoms with Crippen LogP contribution in [-0.2, 0) is 0 Å². The molecule has 0 aliphatic rings. The van der Waals surface area contributed by atoms with Gasteiger partial charge in [-0.1, -0.05) is 12.1 Å². The molecule has 6 heteroatoms. The first kappa shape index (κ1) is 13.9. The molecule has 0 atom stereocenters. The Bertz CT molecular complexity index is 603. The number of nitrogens with zero attached hydrogens (tertiary/aromatic N) is 1. The van der Waals surface area contributed by atoms with Crippen molar-refractivity contribution >= 4 is 5.78 Å². The van der Waals surface area contributed by atoms with E-state index in [1.807, 2.05) is 0 Å². The molecule has 2 aromatic rings. The van der Waals surface area contributed by atoms with Crippen molar-refractivity contribution < 1.29 is 23.0 Å². The highest BCUT2D eigenvalue weighted by Gasteiger charge is 2.20. The number of ether oxygens (including phenoxy) is 2. The maximum Gasteiger partial charge on any atom is 0.387 e. The van der Waals surface area contributed by atoms with Crippen molar-refractivity contribution in [2.75, 3.05) is 7.11 Å². The van der Waals surface area contributed by atoms with E-state index >= 15 is 0 Å². The SMILES string of the molecule is COc1c(OC(F)F)cccc1C(=O)c1ccccn1. The summed E-state index contributed by atoms with van der Waals surface area (Å²) in [6.07, 6.45) is 1.47. The van der Waals surface area contributed by atoms with Crippen molar-refractivity contribution in [1.29, 1.82) is 0 Å². The topological polar surface area (TPSA) is 48.4 Å². The van der Waals surface area contributed by atoms with Gasteiger partial charge in [-0.05, 0) is 24.3 Å². The van der Waals surface area contributed by atoms with Crippen LogP contribution in [0.5, 0.6) is 11.5 Å². The van der Waals surface area contributed by atoms with Crippen LogP contribution < -0.4 is 9.47 Å². The van der Waals surface area contributed by atoms with Gasteiger partial charge in [-0.3, -0.25) is 9.78 Å². The van der Waals surface area contributed by atoms with Crippen molar-refractivity contribution in [3.63, 3.8) is 0 Å². The Morgan fingerprint density at radius 1 is 1.20 bits per heavy atom. The summed E-state index contributed by atoms with van der Waals surface area (Å²) in [5.41, 5.74) is 0.310. The van der Waals surface area contributed by atoms with E-state index in [0.29, 0.717) is 0 Å². The Morgan fingerprint density at radius 3 is 2.60 bits per heavy atom. The van der Waals surface area contributed by atoms with Gasteiger partial charge < -0.3 is 9.47 Å². The fourth-order valence-corrected chi connectivity index (χ4v) is 1.73. The lowest BCUT2D eigenvalue weighted by Gasteiger charge is -2.12. The standard InChI is InChI=1S/C14H11F2NO3/c1-19-13-9(5-4-7-11(13)20-14(15)16)12(18)10-6-2-3-8-17-10/h2-8,14H,1H3. The van der Waals surface area contributed by atoms with E-state index in [9.17, 15) is 13.6 Å². The average molecular weight is 279 g/mol. The Morgan fingerprint density at radius 2 is 2.00 bits per heavy atom. The highest BCUT2D eigenvalue weighted by Crippen LogP contribution is 2.33. The van der Waals surface area contributed by atoms with Crippen LogP contribution in [0.25, 0.3) is 0 Å². The van der Waals surface area contributed by atoms with Gasteiger partial charge >= 0.3 is 6.61 Å². The van der Waals surface area contributed by atoms with Crippen LogP contribution in [0.3, 0.4) is 0 Å². The second-order valence-electron chi connectivity index (χ2n) is 3.76. The predicted molar refractivity (Wildman–Crippen MR) is 67.3 cm³/mol. The van der Waals surface area contributed by atoms with Crippen molar-refractivity contribution in [1.82, 2.24) is 4.98 Å². The molecule has 0 bridgehead atoms. The van der Waals surface area contributed by atoms with E-state index in [4.69, 9.17) is 4.74 Å². The molecule has 0 aliphatic heterocycles. The third-order valence-corrected chi connectivity index (χ3v) is 2.54. The summed E-state index contributed by atoms with van der Waals surface area (Å²) < 4.78 is 34.0. The number of aromatic nitrogens is 1. The predicted octanol–water partition coefficient (Wildman–Crippen LogP) is 2.92. The normalized spacial score (nSPS) is 10.4. The summed E-state index contributed by atoms with van der Waals surface area (Å²) in [4.78, 5) is 16.2. The minimum atomic E-state index is -3.00. The molecule has 0 radical (unpaired) electrons. The number of methoxy groups -OCH3 is 1. The lowest BCUT2D eigenvalue weighted by Crippen LogP contribution is -2.09. The molecule has 0 saturated heterocycles. The number of hydrogen-bond acceptors (Lipinski definition) is 4. The number of halogens is 2. The number of alkyl halides is 2. The zero-order chi connectivity index (χ0) is 14.5. The van der Waals surface area contributed by atoms with E-state index in [2.05, 4.69) is 9.72 Å². The zero-order valence-electron chi connectivity index (χ0n) is 10.5.